The van der Waals surface area contributed by atoms with Crippen molar-refractivity contribution in [2.75, 3.05) is 39.8 Å². The quantitative estimate of drug-likeness (QED) is 0.0243. The molecule has 2 aliphatic heterocycles. The number of rotatable bonds is 18. The van der Waals surface area contributed by atoms with E-state index in [0.717, 1.165) is 4.90 Å². The molecule has 3 rings (SSSR count). The van der Waals surface area contributed by atoms with Crippen molar-refractivity contribution in [3.8, 4) is 5.75 Å². The molecule has 2 aliphatic rings. The Kier molecular flexibility index (Phi) is 17.7. The van der Waals surface area contributed by atoms with Crippen LogP contribution in [0.3, 0.4) is 0 Å². The molecule has 0 saturated carbocycles. The highest BCUT2D eigenvalue weighted by Crippen LogP contribution is 2.21. The largest absolute Gasteiger partial charge is 0.507 e. The topological polar surface area (TPSA) is 304 Å². The third-order valence-corrected chi connectivity index (χ3v) is 8.91. The van der Waals surface area contributed by atoms with E-state index in [0.29, 0.717) is 17.0 Å². The first-order valence-electron chi connectivity index (χ1n) is 17.9. The Balaban J connectivity index is 1.81. The maximum absolute atomic E-state index is 14.1. The van der Waals surface area contributed by atoms with Crippen molar-refractivity contribution in [3.05, 3.63) is 29.8 Å². The highest BCUT2D eigenvalue weighted by Gasteiger charge is 2.39. The summed E-state index contributed by atoms with van der Waals surface area (Å²) in [7, 11) is 1.31. The number of hydrogen-bond acceptors (Lipinski definition) is 15. The first-order valence-corrected chi connectivity index (χ1v) is 17.9. The molecule has 304 valence electrons. The zero-order chi connectivity index (χ0) is 40.5. The molecule has 1 unspecified atom stereocenters. The molecule has 55 heavy (non-hydrogen) atoms. The highest BCUT2D eigenvalue weighted by molar-refractivity contribution is 6.00. The lowest BCUT2D eigenvalue weighted by molar-refractivity contribution is -0.158. The van der Waals surface area contributed by atoms with Crippen molar-refractivity contribution in [3.63, 3.8) is 0 Å². The fourth-order valence-electron chi connectivity index (χ4n) is 5.82. The smallest absolute Gasteiger partial charge is 0.328 e. The van der Waals surface area contributed by atoms with Crippen LogP contribution >= 0.6 is 0 Å². The van der Waals surface area contributed by atoms with Gasteiger partial charge in [0.05, 0.1) is 5.56 Å². The fraction of sp³-hybridized carbons (Fsp3) is 0.588. The van der Waals surface area contributed by atoms with Crippen LogP contribution in [-0.4, -0.2) is 149 Å². The number of nitrogens with two attached hydrogens (primary N) is 1. The van der Waals surface area contributed by atoms with Gasteiger partial charge in [0.15, 0.2) is 6.04 Å². The Hall–Kier alpha value is -5.38. The molecule has 6 atom stereocenters. The molecule has 0 bridgehead atoms. The van der Waals surface area contributed by atoms with Crippen molar-refractivity contribution in [1.82, 2.24) is 36.7 Å². The summed E-state index contributed by atoms with van der Waals surface area (Å²) in [6.45, 7) is 1.11. The fourth-order valence-corrected chi connectivity index (χ4v) is 5.82. The molecule has 0 spiro atoms. The van der Waals surface area contributed by atoms with Gasteiger partial charge in [0.25, 0.3) is 0 Å². The molecule has 10 N–H and O–H groups in total. The normalized spacial score (nSPS) is 23.4. The van der Waals surface area contributed by atoms with Gasteiger partial charge in [0, 0.05) is 33.1 Å². The Morgan fingerprint density at radius 1 is 1.05 bits per heavy atom. The Labute approximate surface area is 317 Å². The first-order chi connectivity index (χ1) is 26.3. The number of aromatic hydroxyl groups is 1. The summed E-state index contributed by atoms with van der Waals surface area (Å²) >= 11 is 0. The summed E-state index contributed by atoms with van der Waals surface area (Å²) in [5, 5.41) is 39.4. The van der Waals surface area contributed by atoms with E-state index in [-0.39, 0.29) is 89.4 Å². The molecule has 1 saturated heterocycles. The van der Waals surface area contributed by atoms with E-state index >= 15 is 0 Å². The molecule has 1 aromatic carbocycles. The SMILES string of the molecule is C[C@H]1OC(=O)[C@H](CCCN(O)C=O)NC(=O)[C@H](CCCN)NC(=O)C(CCCNO)N(C)C(=O)[C@@H]1NC(=O)CCNC(=O)[C@H]1COC(c2ccccc2O)=N1. The van der Waals surface area contributed by atoms with Crippen molar-refractivity contribution in [2.45, 2.75) is 88.2 Å². The average Bonchev–Trinajstić information content (AvgIpc) is 3.66. The minimum absolute atomic E-state index is 0.0176. The monoisotopic (exact) mass is 777 g/mol. The third kappa shape index (κ3) is 13.2. The predicted molar refractivity (Wildman–Crippen MR) is 191 cm³/mol. The second-order valence-corrected chi connectivity index (χ2v) is 13.0. The van der Waals surface area contributed by atoms with Gasteiger partial charge in [-0.1, -0.05) is 12.1 Å². The Morgan fingerprint density at radius 2 is 1.76 bits per heavy atom. The number of phenols is 1. The molecule has 2 heterocycles. The number of likely N-dealkylation sites (N-methyl/N-ethyl adjacent to an activating group) is 1. The van der Waals surface area contributed by atoms with Crippen LogP contribution in [0.25, 0.3) is 0 Å². The van der Waals surface area contributed by atoms with Crippen molar-refractivity contribution in [1.29, 1.82) is 0 Å². The van der Waals surface area contributed by atoms with E-state index < -0.39 is 71.8 Å². The molecule has 21 heteroatoms. The lowest BCUT2D eigenvalue weighted by Gasteiger charge is -2.33. The van der Waals surface area contributed by atoms with Gasteiger partial charge in [-0.05, 0) is 64.1 Å². The van der Waals surface area contributed by atoms with Crippen LogP contribution in [-0.2, 0) is 43.0 Å². The number of hydroxylamine groups is 3. The number of amides is 6. The molecular weight excluding hydrogens is 726 g/mol. The number of ether oxygens (including phenoxy) is 2. The number of phenolic OH excluding ortho intramolecular Hbond substituents is 1. The van der Waals surface area contributed by atoms with Crippen LogP contribution in [0.1, 0.15) is 57.4 Å². The molecule has 0 aliphatic carbocycles. The van der Waals surface area contributed by atoms with E-state index in [1.165, 1.54) is 20.0 Å². The van der Waals surface area contributed by atoms with Gasteiger partial charge in [-0.3, -0.25) is 34.0 Å². The predicted octanol–water partition coefficient (Wildman–Crippen LogP) is -2.60. The van der Waals surface area contributed by atoms with E-state index in [1.807, 2.05) is 5.48 Å². The van der Waals surface area contributed by atoms with Gasteiger partial charge in [0.2, 0.25) is 41.8 Å². The summed E-state index contributed by atoms with van der Waals surface area (Å²) < 4.78 is 11.1. The Bertz CT molecular complexity index is 1550. The molecule has 6 amide bonds. The standard InChI is InChI=1S/C34H51N9O12/c1-20-28(41-27(46)13-16-36-29(47)24-18-54-32(40-24)21-8-3-4-12-26(21)45)33(50)42(2)25(11-6-15-37-52)31(49)38-22(9-5-14-35)30(48)39-23(34(51)55-20)10-7-17-43(53)19-44/h3-4,8,12,19-20,22-25,28,37,45,52-53H,5-7,9-11,13-18,35H2,1-2H3,(H,36,47)(H,38,49)(H,39,48)(H,41,46)/t20-,22+,23+,24-,25?,28-/m1/s1. The van der Waals surface area contributed by atoms with Gasteiger partial charge in [0.1, 0.15) is 42.6 Å². The van der Waals surface area contributed by atoms with Crippen LogP contribution in [0.5, 0.6) is 5.75 Å². The summed E-state index contributed by atoms with van der Waals surface area (Å²) in [6, 6.07) is 0.0795. The second kappa shape index (κ2) is 22.1. The molecule has 0 aromatic heterocycles. The lowest BCUT2D eigenvalue weighted by atomic mass is 10.0. The van der Waals surface area contributed by atoms with Crippen LogP contribution < -0.4 is 32.5 Å². The maximum Gasteiger partial charge on any atom is 0.328 e. The molecule has 0 radical (unpaired) electrons. The van der Waals surface area contributed by atoms with E-state index in [4.69, 9.17) is 20.4 Å². The van der Waals surface area contributed by atoms with E-state index in [2.05, 4.69) is 26.3 Å². The second-order valence-electron chi connectivity index (χ2n) is 13.0. The summed E-state index contributed by atoms with van der Waals surface area (Å²) in [4.78, 5) is 97.0. The minimum atomic E-state index is -1.55. The summed E-state index contributed by atoms with van der Waals surface area (Å²) in [5.74, 6) is -4.55. The molecule has 21 nitrogen and oxygen atoms in total. The van der Waals surface area contributed by atoms with Crippen LogP contribution in [0.15, 0.2) is 29.3 Å². The number of carbonyl (C=O) groups is 7. The number of hydrogen-bond donors (Lipinski definition) is 9. The Morgan fingerprint density at radius 3 is 2.45 bits per heavy atom. The van der Waals surface area contributed by atoms with Crippen molar-refractivity contribution in [2.24, 2.45) is 10.7 Å². The van der Waals surface area contributed by atoms with Gasteiger partial charge in [-0.15, -0.1) is 0 Å². The van der Waals surface area contributed by atoms with E-state index in [1.54, 1.807) is 18.2 Å². The van der Waals surface area contributed by atoms with Crippen LogP contribution in [0, 0.1) is 0 Å². The molecule has 1 aromatic rings. The third-order valence-electron chi connectivity index (χ3n) is 8.91. The summed E-state index contributed by atoms with van der Waals surface area (Å²) in [6.07, 6.45) is -0.987. The minimum Gasteiger partial charge on any atom is -0.507 e. The number of nitrogens with zero attached hydrogens (tertiary/aromatic N) is 3. The number of benzene rings is 1. The van der Waals surface area contributed by atoms with Crippen molar-refractivity contribution >= 4 is 47.8 Å². The average molecular weight is 778 g/mol. The van der Waals surface area contributed by atoms with Gasteiger partial charge in [-0.2, -0.15) is 0 Å². The molecule has 1 fully saturated rings. The molecular formula is C34H51N9O12. The van der Waals surface area contributed by atoms with Crippen LogP contribution in [0.4, 0.5) is 0 Å². The van der Waals surface area contributed by atoms with Gasteiger partial charge in [-0.25, -0.2) is 20.3 Å². The number of cyclic esters (lactones) is 1. The zero-order valence-corrected chi connectivity index (χ0v) is 30.8. The zero-order valence-electron chi connectivity index (χ0n) is 30.8. The summed E-state index contributed by atoms with van der Waals surface area (Å²) in [5.41, 5.74) is 7.96. The number of carbonyl (C=O) groups excluding carboxylic acids is 7. The first kappa shape index (κ1) is 44.0. The highest BCUT2D eigenvalue weighted by atomic mass is 16.5. The van der Waals surface area contributed by atoms with Crippen LogP contribution in [0.2, 0.25) is 0 Å². The maximum atomic E-state index is 14.1. The number of aliphatic imine (C=N–C) groups is 1. The van der Waals surface area contributed by atoms with E-state index in [9.17, 15) is 43.9 Å². The number of nitrogens with one attached hydrogen (secondary N) is 5. The number of esters is 1. The lowest BCUT2D eigenvalue weighted by Crippen LogP contribution is -2.59. The van der Waals surface area contributed by atoms with Crippen molar-refractivity contribution < 1.29 is 58.6 Å². The van der Waals surface area contributed by atoms with Gasteiger partial charge < -0.3 is 51.7 Å². The number of para-hydroxylation sites is 1. The van der Waals surface area contributed by atoms with Gasteiger partial charge >= 0.3 is 5.97 Å².